The molecular weight excluding hydrogens is 436 g/mol. The van der Waals surface area contributed by atoms with Gasteiger partial charge in [0.1, 0.15) is 11.9 Å². The third-order valence-corrected chi connectivity index (χ3v) is 6.20. The molecule has 8 heteroatoms. The summed E-state index contributed by atoms with van der Waals surface area (Å²) in [6.07, 6.45) is 2.94. The monoisotopic (exact) mass is 462 g/mol. The van der Waals surface area contributed by atoms with E-state index in [1.807, 2.05) is 44.0 Å². The Kier molecular flexibility index (Phi) is 6.62. The zero-order valence-corrected chi connectivity index (χ0v) is 18.7. The summed E-state index contributed by atoms with van der Waals surface area (Å²) in [6, 6.07) is 5.37. The first-order chi connectivity index (χ1) is 13.8. The van der Waals surface area contributed by atoms with Gasteiger partial charge in [-0.1, -0.05) is 35.8 Å². The molecule has 0 bridgehead atoms. The van der Waals surface area contributed by atoms with Gasteiger partial charge in [-0.2, -0.15) is 0 Å². The number of ether oxygens (including phenoxy) is 1. The van der Waals surface area contributed by atoms with Gasteiger partial charge in [-0.05, 0) is 48.9 Å². The van der Waals surface area contributed by atoms with Crippen LogP contribution >= 0.6 is 15.9 Å². The molecule has 2 atom stereocenters. The van der Waals surface area contributed by atoms with Crippen LogP contribution in [0.4, 0.5) is 4.79 Å². The SMILES string of the molecule is COC(=O)N[C@H](C(=O)N1CCC[C@H]1c1ncc(-c2ccc(Br)c(C)c2)[nH]1)C(C)C. The number of hydrogen-bond acceptors (Lipinski definition) is 4. The maximum Gasteiger partial charge on any atom is 0.407 e. The number of H-pyrrole nitrogens is 1. The maximum absolute atomic E-state index is 13.2. The van der Waals surface area contributed by atoms with Crippen molar-refractivity contribution in [3.8, 4) is 11.3 Å². The number of amides is 2. The van der Waals surface area contributed by atoms with Gasteiger partial charge < -0.3 is 19.9 Å². The molecule has 29 heavy (non-hydrogen) atoms. The van der Waals surface area contributed by atoms with Crippen LogP contribution in [0.2, 0.25) is 0 Å². The quantitative estimate of drug-likeness (QED) is 0.696. The predicted octanol–water partition coefficient (Wildman–Crippen LogP) is 4.19. The van der Waals surface area contributed by atoms with E-state index in [1.54, 1.807) is 0 Å². The van der Waals surface area contributed by atoms with Crippen LogP contribution in [0.15, 0.2) is 28.9 Å². The lowest BCUT2D eigenvalue weighted by atomic mass is 10.0. The summed E-state index contributed by atoms with van der Waals surface area (Å²) in [6.45, 7) is 6.50. The van der Waals surface area contributed by atoms with Crippen molar-refractivity contribution in [2.45, 2.75) is 45.7 Å². The Morgan fingerprint density at radius 2 is 2.14 bits per heavy atom. The van der Waals surface area contributed by atoms with E-state index in [4.69, 9.17) is 0 Å². The second-order valence-electron chi connectivity index (χ2n) is 7.69. The molecule has 2 heterocycles. The number of hydrogen-bond donors (Lipinski definition) is 2. The van der Waals surface area contributed by atoms with E-state index >= 15 is 0 Å². The molecule has 156 valence electrons. The molecule has 1 aliphatic heterocycles. The lowest BCUT2D eigenvalue weighted by Gasteiger charge is -2.30. The lowest BCUT2D eigenvalue weighted by Crippen LogP contribution is -2.51. The topological polar surface area (TPSA) is 87.3 Å². The number of aryl methyl sites for hydroxylation is 1. The summed E-state index contributed by atoms with van der Waals surface area (Å²) in [5.74, 6) is 0.609. The van der Waals surface area contributed by atoms with Crippen molar-refractivity contribution >= 4 is 27.9 Å². The minimum atomic E-state index is -0.633. The number of alkyl carbamates (subject to hydrolysis) is 1. The number of carbonyl (C=O) groups is 2. The van der Waals surface area contributed by atoms with Crippen molar-refractivity contribution < 1.29 is 14.3 Å². The molecule has 7 nitrogen and oxygen atoms in total. The number of aromatic nitrogens is 2. The van der Waals surface area contributed by atoms with Gasteiger partial charge in [-0.15, -0.1) is 0 Å². The number of benzene rings is 1. The molecule has 2 amide bonds. The Balaban J connectivity index is 1.81. The first-order valence-electron chi connectivity index (χ1n) is 9.78. The molecule has 0 radical (unpaired) electrons. The molecule has 2 aromatic rings. The molecule has 0 saturated carbocycles. The van der Waals surface area contributed by atoms with Gasteiger partial charge in [-0.3, -0.25) is 4.79 Å². The minimum absolute atomic E-state index is 0.0549. The molecule has 0 spiro atoms. The summed E-state index contributed by atoms with van der Waals surface area (Å²) in [4.78, 5) is 34.6. The van der Waals surface area contributed by atoms with E-state index in [0.29, 0.717) is 6.54 Å². The van der Waals surface area contributed by atoms with Crippen LogP contribution in [0.1, 0.15) is 44.1 Å². The minimum Gasteiger partial charge on any atom is -0.453 e. The molecular formula is C21H27BrN4O3. The van der Waals surface area contributed by atoms with Gasteiger partial charge >= 0.3 is 6.09 Å². The van der Waals surface area contributed by atoms with Gasteiger partial charge in [0.2, 0.25) is 5.91 Å². The highest BCUT2D eigenvalue weighted by Crippen LogP contribution is 2.33. The van der Waals surface area contributed by atoms with Crippen LogP contribution in [0, 0.1) is 12.8 Å². The molecule has 1 aromatic heterocycles. The molecule has 2 N–H and O–H groups in total. The molecule has 1 aromatic carbocycles. The average molecular weight is 463 g/mol. The molecule has 1 aliphatic rings. The summed E-state index contributed by atoms with van der Waals surface area (Å²) >= 11 is 3.52. The highest BCUT2D eigenvalue weighted by atomic mass is 79.9. The van der Waals surface area contributed by atoms with E-state index in [9.17, 15) is 9.59 Å². The van der Waals surface area contributed by atoms with Gasteiger partial charge in [0.25, 0.3) is 0 Å². The first kappa shape index (κ1) is 21.4. The maximum atomic E-state index is 13.2. The van der Waals surface area contributed by atoms with Crippen molar-refractivity contribution in [2.24, 2.45) is 5.92 Å². The number of rotatable bonds is 5. The van der Waals surface area contributed by atoms with E-state index in [1.165, 1.54) is 7.11 Å². The molecule has 0 aliphatic carbocycles. The third kappa shape index (κ3) is 4.63. The summed E-state index contributed by atoms with van der Waals surface area (Å²) in [5.41, 5.74) is 3.11. The number of nitrogens with zero attached hydrogens (tertiary/aromatic N) is 2. The van der Waals surface area contributed by atoms with Crippen LogP contribution in [-0.4, -0.2) is 46.6 Å². The van der Waals surface area contributed by atoms with Crippen LogP contribution in [0.5, 0.6) is 0 Å². The number of carbonyl (C=O) groups excluding carboxylic acids is 2. The Morgan fingerprint density at radius 1 is 1.38 bits per heavy atom. The smallest absolute Gasteiger partial charge is 0.407 e. The van der Waals surface area contributed by atoms with Crippen molar-refractivity contribution in [3.05, 3.63) is 40.3 Å². The lowest BCUT2D eigenvalue weighted by molar-refractivity contribution is -0.135. The second kappa shape index (κ2) is 8.98. The predicted molar refractivity (Wildman–Crippen MR) is 114 cm³/mol. The number of likely N-dealkylation sites (tertiary alicyclic amines) is 1. The Bertz CT molecular complexity index is 896. The van der Waals surface area contributed by atoms with Crippen molar-refractivity contribution in [3.63, 3.8) is 0 Å². The Labute approximate surface area is 179 Å². The molecule has 0 unspecified atom stereocenters. The van der Waals surface area contributed by atoms with Crippen molar-refractivity contribution in [1.29, 1.82) is 0 Å². The highest BCUT2D eigenvalue weighted by molar-refractivity contribution is 9.10. The molecule has 3 rings (SSSR count). The normalized spacial score (nSPS) is 17.4. The van der Waals surface area contributed by atoms with Crippen LogP contribution in [0.25, 0.3) is 11.3 Å². The fourth-order valence-electron chi connectivity index (χ4n) is 3.66. The van der Waals surface area contributed by atoms with E-state index < -0.39 is 12.1 Å². The van der Waals surface area contributed by atoms with E-state index in [2.05, 4.69) is 42.0 Å². The van der Waals surface area contributed by atoms with Gasteiger partial charge in [-0.25, -0.2) is 9.78 Å². The van der Waals surface area contributed by atoms with Crippen LogP contribution in [-0.2, 0) is 9.53 Å². The van der Waals surface area contributed by atoms with Crippen LogP contribution < -0.4 is 5.32 Å². The fraction of sp³-hybridized carbons (Fsp3) is 0.476. The summed E-state index contributed by atoms with van der Waals surface area (Å²) in [5, 5.41) is 2.67. The number of nitrogens with one attached hydrogen (secondary N) is 2. The second-order valence-corrected chi connectivity index (χ2v) is 8.55. The molecule has 1 fully saturated rings. The zero-order valence-electron chi connectivity index (χ0n) is 17.2. The number of imidazole rings is 1. The van der Waals surface area contributed by atoms with Crippen LogP contribution in [0.3, 0.4) is 0 Å². The number of methoxy groups -OCH3 is 1. The van der Waals surface area contributed by atoms with Gasteiger partial charge in [0.15, 0.2) is 0 Å². The number of halogens is 1. The van der Waals surface area contributed by atoms with E-state index in [0.717, 1.165) is 40.0 Å². The summed E-state index contributed by atoms with van der Waals surface area (Å²) in [7, 11) is 1.30. The Morgan fingerprint density at radius 3 is 2.79 bits per heavy atom. The van der Waals surface area contributed by atoms with Crippen molar-refractivity contribution in [2.75, 3.05) is 13.7 Å². The largest absolute Gasteiger partial charge is 0.453 e. The fourth-order valence-corrected chi connectivity index (χ4v) is 3.90. The number of aromatic amines is 1. The average Bonchev–Trinajstić information content (AvgIpc) is 3.36. The Hall–Kier alpha value is -2.35. The first-order valence-corrected chi connectivity index (χ1v) is 10.6. The summed E-state index contributed by atoms with van der Waals surface area (Å²) < 4.78 is 5.74. The van der Waals surface area contributed by atoms with Gasteiger partial charge in [0, 0.05) is 11.0 Å². The molecule has 1 saturated heterocycles. The van der Waals surface area contributed by atoms with Crippen molar-refractivity contribution in [1.82, 2.24) is 20.2 Å². The van der Waals surface area contributed by atoms with E-state index in [-0.39, 0.29) is 17.9 Å². The third-order valence-electron chi connectivity index (χ3n) is 5.31. The standard InChI is InChI=1S/C21H27BrN4O3/c1-12(2)18(25-21(28)29-4)20(27)26-9-5-6-17(26)19-23-11-16(24-19)14-7-8-15(22)13(3)10-14/h7-8,10-12,17-18H,5-6,9H2,1-4H3,(H,23,24)(H,25,28)/t17-,18-/m0/s1. The zero-order chi connectivity index (χ0) is 21.1. The highest BCUT2D eigenvalue weighted by Gasteiger charge is 2.37. The van der Waals surface area contributed by atoms with Gasteiger partial charge in [0.05, 0.1) is 25.0 Å².